The van der Waals surface area contributed by atoms with Crippen molar-refractivity contribution in [3.63, 3.8) is 0 Å². The first kappa shape index (κ1) is 14.0. The van der Waals surface area contributed by atoms with Crippen molar-refractivity contribution in [3.8, 4) is 0 Å². The number of nitrogens with one attached hydrogen (secondary N) is 1. The van der Waals surface area contributed by atoms with Gasteiger partial charge in [-0.15, -0.1) is 11.3 Å². The number of hydrogen-bond acceptors (Lipinski definition) is 4. The van der Waals surface area contributed by atoms with Crippen LogP contribution in [0.4, 0.5) is 0 Å². The van der Waals surface area contributed by atoms with E-state index in [2.05, 4.69) is 10.3 Å². The highest BCUT2D eigenvalue weighted by Crippen LogP contribution is 2.20. The average molecular weight is 281 g/mol. The van der Waals surface area contributed by atoms with E-state index in [9.17, 15) is 9.59 Å². The molecule has 0 aromatic carbocycles. The van der Waals surface area contributed by atoms with Crippen LogP contribution in [0.2, 0.25) is 0 Å². The molecule has 104 valence electrons. The molecule has 2 atom stereocenters. The second-order valence-corrected chi connectivity index (χ2v) is 6.04. The van der Waals surface area contributed by atoms with E-state index in [0.29, 0.717) is 19.4 Å². The van der Waals surface area contributed by atoms with Crippen LogP contribution < -0.4 is 5.32 Å². The van der Waals surface area contributed by atoms with Crippen molar-refractivity contribution in [3.05, 3.63) is 16.1 Å². The predicted octanol–water partition coefficient (Wildman–Crippen LogP) is 1.47. The summed E-state index contributed by atoms with van der Waals surface area (Å²) >= 11 is 1.57. The quantitative estimate of drug-likeness (QED) is 0.909. The fraction of sp³-hybridized carbons (Fsp3) is 0.615. The number of thiazole rings is 1. The van der Waals surface area contributed by atoms with Crippen molar-refractivity contribution in [1.82, 2.24) is 15.2 Å². The Morgan fingerprint density at radius 2 is 2.11 bits per heavy atom. The summed E-state index contributed by atoms with van der Waals surface area (Å²) in [5, 5.41) is 3.67. The van der Waals surface area contributed by atoms with Gasteiger partial charge in [-0.2, -0.15) is 0 Å². The minimum atomic E-state index is -0.392. The van der Waals surface area contributed by atoms with Crippen LogP contribution in [-0.4, -0.2) is 33.8 Å². The zero-order valence-corrected chi connectivity index (χ0v) is 12.3. The van der Waals surface area contributed by atoms with Crippen molar-refractivity contribution in [1.29, 1.82) is 0 Å². The van der Waals surface area contributed by atoms with Gasteiger partial charge in [0.1, 0.15) is 17.1 Å². The molecule has 1 aromatic rings. The van der Waals surface area contributed by atoms with E-state index in [1.807, 2.05) is 20.8 Å². The van der Waals surface area contributed by atoms with E-state index in [1.165, 1.54) is 0 Å². The molecule has 1 N–H and O–H groups in total. The molecule has 0 bridgehead atoms. The van der Waals surface area contributed by atoms with Gasteiger partial charge in [0, 0.05) is 11.1 Å². The Morgan fingerprint density at radius 3 is 2.63 bits per heavy atom. The van der Waals surface area contributed by atoms with Gasteiger partial charge >= 0.3 is 0 Å². The highest BCUT2D eigenvalue weighted by atomic mass is 32.1. The van der Waals surface area contributed by atoms with Crippen LogP contribution in [0.1, 0.15) is 36.6 Å². The number of piperazine rings is 1. The molecular weight excluding hydrogens is 262 g/mol. The smallest absolute Gasteiger partial charge is 0.246 e. The molecule has 0 radical (unpaired) electrons. The number of rotatable bonds is 4. The highest BCUT2D eigenvalue weighted by Gasteiger charge is 2.38. The molecule has 1 aliphatic heterocycles. The SMILES string of the molecule is CCC1NC(=O)C(CC)N(Cc2ncc(C)s2)C1=O. The van der Waals surface area contributed by atoms with E-state index in [-0.39, 0.29) is 17.9 Å². The van der Waals surface area contributed by atoms with Gasteiger partial charge in [-0.05, 0) is 19.8 Å². The summed E-state index contributed by atoms with van der Waals surface area (Å²) in [4.78, 5) is 31.5. The third-order valence-electron chi connectivity index (χ3n) is 3.35. The lowest BCUT2D eigenvalue weighted by Gasteiger charge is -2.37. The molecule has 19 heavy (non-hydrogen) atoms. The van der Waals surface area contributed by atoms with Crippen molar-refractivity contribution in [2.75, 3.05) is 0 Å². The van der Waals surface area contributed by atoms with Crippen LogP contribution in [0.5, 0.6) is 0 Å². The summed E-state index contributed by atoms with van der Waals surface area (Å²) in [6.45, 7) is 6.24. The highest BCUT2D eigenvalue weighted by molar-refractivity contribution is 7.11. The zero-order chi connectivity index (χ0) is 14.0. The number of hydrogen-bond donors (Lipinski definition) is 1. The molecular formula is C13H19N3O2S. The van der Waals surface area contributed by atoms with Gasteiger partial charge in [0.25, 0.3) is 0 Å². The van der Waals surface area contributed by atoms with Crippen LogP contribution in [0.15, 0.2) is 6.20 Å². The van der Waals surface area contributed by atoms with Crippen LogP contribution >= 0.6 is 11.3 Å². The topological polar surface area (TPSA) is 62.3 Å². The summed E-state index contributed by atoms with van der Waals surface area (Å²) < 4.78 is 0. The Hall–Kier alpha value is -1.43. The molecule has 6 heteroatoms. The van der Waals surface area contributed by atoms with Crippen LogP contribution in [-0.2, 0) is 16.1 Å². The number of aromatic nitrogens is 1. The van der Waals surface area contributed by atoms with Crippen molar-refractivity contribution < 1.29 is 9.59 Å². The third-order valence-corrected chi connectivity index (χ3v) is 4.24. The predicted molar refractivity (Wildman–Crippen MR) is 73.7 cm³/mol. The van der Waals surface area contributed by atoms with Gasteiger partial charge in [-0.1, -0.05) is 13.8 Å². The molecule has 2 heterocycles. The Balaban J connectivity index is 2.21. The van der Waals surface area contributed by atoms with Crippen molar-refractivity contribution >= 4 is 23.2 Å². The van der Waals surface area contributed by atoms with Crippen molar-refractivity contribution in [2.24, 2.45) is 0 Å². The van der Waals surface area contributed by atoms with Crippen LogP contribution in [0.25, 0.3) is 0 Å². The maximum atomic E-state index is 12.4. The molecule has 2 unspecified atom stereocenters. The first-order valence-electron chi connectivity index (χ1n) is 6.59. The van der Waals surface area contributed by atoms with E-state index < -0.39 is 6.04 Å². The summed E-state index contributed by atoms with van der Waals surface area (Å²) in [6, 6.07) is -0.768. The molecule has 1 fully saturated rings. The summed E-state index contributed by atoms with van der Waals surface area (Å²) in [7, 11) is 0. The Labute approximate surface area is 117 Å². The average Bonchev–Trinajstić information content (AvgIpc) is 2.79. The van der Waals surface area contributed by atoms with E-state index in [0.717, 1.165) is 9.88 Å². The number of carbonyl (C=O) groups excluding carboxylic acids is 2. The number of aryl methyl sites for hydroxylation is 1. The molecule has 2 amide bonds. The Kier molecular flexibility index (Phi) is 4.19. The standard InChI is InChI=1S/C13H19N3O2S/c1-4-9-13(18)16(10(5-2)12(17)15-9)7-11-14-6-8(3)19-11/h6,9-10H,4-5,7H2,1-3H3,(H,15,17). The maximum absolute atomic E-state index is 12.4. The lowest BCUT2D eigenvalue weighted by molar-refractivity contribution is -0.150. The summed E-state index contributed by atoms with van der Waals surface area (Å²) in [5.41, 5.74) is 0. The molecule has 1 saturated heterocycles. The number of carbonyl (C=O) groups is 2. The van der Waals surface area contributed by atoms with Gasteiger partial charge in [-0.25, -0.2) is 4.98 Å². The van der Waals surface area contributed by atoms with Gasteiger partial charge in [0.2, 0.25) is 11.8 Å². The minimum absolute atomic E-state index is 0.00167. The molecule has 0 saturated carbocycles. The van der Waals surface area contributed by atoms with Crippen LogP contribution in [0, 0.1) is 6.92 Å². The van der Waals surface area contributed by atoms with Gasteiger partial charge < -0.3 is 10.2 Å². The molecule has 1 aliphatic rings. The van der Waals surface area contributed by atoms with E-state index in [4.69, 9.17) is 0 Å². The molecule has 1 aromatic heterocycles. The van der Waals surface area contributed by atoms with Gasteiger partial charge in [-0.3, -0.25) is 9.59 Å². The van der Waals surface area contributed by atoms with Gasteiger partial charge in [0.05, 0.1) is 6.54 Å². The molecule has 2 rings (SSSR count). The Bertz CT molecular complexity index is 486. The number of amides is 2. The normalized spacial score (nSPS) is 23.6. The first-order chi connectivity index (χ1) is 9.06. The lowest BCUT2D eigenvalue weighted by atomic mass is 10.0. The second kappa shape index (κ2) is 5.69. The molecule has 0 aliphatic carbocycles. The third kappa shape index (κ3) is 2.78. The second-order valence-electron chi connectivity index (χ2n) is 4.72. The summed E-state index contributed by atoms with van der Waals surface area (Å²) in [6.07, 6.45) is 3.04. The molecule has 0 spiro atoms. The lowest BCUT2D eigenvalue weighted by Crippen LogP contribution is -2.62. The maximum Gasteiger partial charge on any atom is 0.246 e. The fourth-order valence-electron chi connectivity index (χ4n) is 2.32. The molecule has 5 nitrogen and oxygen atoms in total. The van der Waals surface area contributed by atoms with Crippen LogP contribution in [0.3, 0.4) is 0 Å². The summed E-state index contributed by atoms with van der Waals surface area (Å²) in [5.74, 6) is -0.0518. The monoisotopic (exact) mass is 281 g/mol. The van der Waals surface area contributed by atoms with Crippen molar-refractivity contribution in [2.45, 2.75) is 52.2 Å². The number of nitrogens with zero attached hydrogens (tertiary/aromatic N) is 2. The Morgan fingerprint density at radius 1 is 1.37 bits per heavy atom. The zero-order valence-electron chi connectivity index (χ0n) is 11.5. The van der Waals surface area contributed by atoms with E-state index >= 15 is 0 Å². The fourth-order valence-corrected chi connectivity index (χ4v) is 3.10. The van der Waals surface area contributed by atoms with Gasteiger partial charge in [0.15, 0.2) is 0 Å². The minimum Gasteiger partial charge on any atom is -0.343 e. The first-order valence-corrected chi connectivity index (χ1v) is 7.40. The van der Waals surface area contributed by atoms with E-state index in [1.54, 1.807) is 22.4 Å². The largest absolute Gasteiger partial charge is 0.343 e.